The summed E-state index contributed by atoms with van der Waals surface area (Å²) in [4.78, 5) is 22.0. The maximum absolute atomic E-state index is 13.0. The first-order valence-electron chi connectivity index (χ1n) is 5.71. The Balaban J connectivity index is 2.05. The van der Waals surface area contributed by atoms with Crippen molar-refractivity contribution in [1.82, 2.24) is 5.32 Å². The molecule has 1 aliphatic rings. The van der Waals surface area contributed by atoms with Crippen LogP contribution in [0, 0.1) is 5.82 Å². The summed E-state index contributed by atoms with van der Waals surface area (Å²) in [5.74, 6) is -1.96. The first-order chi connectivity index (χ1) is 9.95. The second-order valence-corrected chi connectivity index (χ2v) is 5.61. The number of nitrogens with one attached hydrogen (secondary N) is 1. The minimum absolute atomic E-state index is 0.190. The summed E-state index contributed by atoms with van der Waals surface area (Å²) >= 11 is 6.83. The number of carbonyl (C=O) groups is 2. The molecule has 0 aliphatic carbocycles. The van der Waals surface area contributed by atoms with E-state index in [0.717, 1.165) is 11.8 Å². The fraction of sp³-hybridized carbons (Fsp3) is 0.167. The number of hydrogen-bond donors (Lipinski definition) is 2. The number of aliphatic carboxylic acids is 1. The van der Waals surface area contributed by atoms with Crippen molar-refractivity contribution in [3.63, 3.8) is 0 Å². The Morgan fingerprint density at radius 2 is 2.33 bits per heavy atom. The van der Waals surface area contributed by atoms with E-state index >= 15 is 0 Å². The Labute approximate surface area is 128 Å². The van der Waals surface area contributed by atoms with Crippen molar-refractivity contribution < 1.29 is 19.1 Å². The number of benzene rings is 1. The number of nitrogens with zero attached hydrogens (tertiary/aromatic N) is 2. The van der Waals surface area contributed by atoms with Crippen molar-refractivity contribution in [3.05, 3.63) is 34.6 Å². The summed E-state index contributed by atoms with van der Waals surface area (Å²) in [7, 11) is 0. The molecule has 0 radical (unpaired) electrons. The Morgan fingerprint density at radius 3 is 3.05 bits per heavy atom. The molecule has 110 valence electrons. The number of hydrogen-bond acceptors (Lipinski definition) is 5. The second kappa shape index (κ2) is 6.68. The lowest BCUT2D eigenvalue weighted by Crippen LogP contribution is -2.26. The minimum atomic E-state index is -1.07. The summed E-state index contributed by atoms with van der Waals surface area (Å²) in [5.41, 5.74) is 0.345. The molecule has 1 saturated heterocycles. The molecule has 0 saturated carbocycles. The van der Waals surface area contributed by atoms with Crippen molar-refractivity contribution in [2.45, 2.75) is 11.7 Å². The fourth-order valence-corrected chi connectivity index (χ4v) is 2.58. The summed E-state index contributed by atoms with van der Waals surface area (Å²) in [6.45, 7) is 0. The van der Waals surface area contributed by atoms with Gasteiger partial charge in [0.25, 0.3) is 0 Å². The molecule has 0 spiro atoms. The van der Waals surface area contributed by atoms with Gasteiger partial charge < -0.3 is 10.4 Å². The summed E-state index contributed by atoms with van der Waals surface area (Å²) < 4.78 is 13.0. The summed E-state index contributed by atoms with van der Waals surface area (Å²) in [5, 5.41) is 18.3. The normalized spacial score (nSPS) is 20.2. The Bertz CT molecular complexity index is 651. The molecule has 1 unspecified atom stereocenters. The van der Waals surface area contributed by atoms with E-state index in [9.17, 15) is 14.0 Å². The van der Waals surface area contributed by atoms with Crippen molar-refractivity contribution in [3.8, 4) is 0 Å². The SMILES string of the molecule is O=C(O)CC1SC(=NN=Cc2cc(F)ccc2Cl)NC1=O. The van der Waals surface area contributed by atoms with Gasteiger partial charge in [0.15, 0.2) is 5.17 Å². The van der Waals surface area contributed by atoms with Crippen LogP contribution in [0.5, 0.6) is 0 Å². The van der Waals surface area contributed by atoms with E-state index in [1.165, 1.54) is 24.4 Å². The average molecular weight is 330 g/mol. The van der Waals surface area contributed by atoms with Gasteiger partial charge in [0.05, 0.1) is 12.6 Å². The number of carboxylic acid groups (broad SMARTS) is 1. The fourth-order valence-electron chi connectivity index (χ4n) is 1.50. The van der Waals surface area contributed by atoms with E-state index in [2.05, 4.69) is 15.5 Å². The number of amidine groups is 1. The molecular weight excluding hydrogens is 321 g/mol. The van der Waals surface area contributed by atoms with Crippen LogP contribution in [0.15, 0.2) is 28.4 Å². The largest absolute Gasteiger partial charge is 0.481 e. The average Bonchev–Trinajstić information content (AvgIpc) is 2.73. The molecule has 6 nitrogen and oxygen atoms in total. The van der Waals surface area contributed by atoms with Gasteiger partial charge >= 0.3 is 5.97 Å². The number of carbonyl (C=O) groups excluding carboxylic acids is 1. The van der Waals surface area contributed by atoms with E-state index < -0.39 is 22.9 Å². The smallest absolute Gasteiger partial charge is 0.305 e. The highest BCUT2D eigenvalue weighted by Gasteiger charge is 2.32. The molecule has 1 aromatic carbocycles. The van der Waals surface area contributed by atoms with Crippen LogP contribution < -0.4 is 5.32 Å². The highest BCUT2D eigenvalue weighted by atomic mass is 35.5. The predicted molar refractivity (Wildman–Crippen MR) is 78.2 cm³/mol. The van der Waals surface area contributed by atoms with Gasteiger partial charge in [0, 0.05) is 10.6 Å². The Hall–Kier alpha value is -1.93. The van der Waals surface area contributed by atoms with Crippen molar-refractivity contribution in [2.24, 2.45) is 10.2 Å². The van der Waals surface area contributed by atoms with Crippen LogP contribution in [0.25, 0.3) is 0 Å². The van der Waals surface area contributed by atoms with Gasteiger partial charge in [-0.15, -0.1) is 5.10 Å². The maximum Gasteiger partial charge on any atom is 0.305 e. The summed E-state index contributed by atoms with van der Waals surface area (Å²) in [6.07, 6.45) is 0.949. The molecule has 1 aliphatic heterocycles. The first-order valence-corrected chi connectivity index (χ1v) is 6.97. The van der Waals surface area contributed by atoms with Crippen LogP contribution in [-0.2, 0) is 9.59 Å². The standard InChI is InChI=1S/C12H9ClFN3O3S/c13-8-2-1-7(14)3-6(8)5-15-17-12-16-11(20)9(21-12)4-10(18)19/h1-3,5,9H,4H2,(H,18,19)(H,16,17,20). The highest BCUT2D eigenvalue weighted by molar-refractivity contribution is 8.15. The van der Waals surface area contributed by atoms with Crippen molar-refractivity contribution >= 4 is 46.6 Å². The van der Waals surface area contributed by atoms with Crippen LogP contribution in [0.3, 0.4) is 0 Å². The van der Waals surface area contributed by atoms with Gasteiger partial charge in [-0.1, -0.05) is 23.4 Å². The Kier molecular flexibility index (Phi) is 4.92. The van der Waals surface area contributed by atoms with Gasteiger partial charge in [-0.2, -0.15) is 5.10 Å². The number of amides is 1. The molecule has 1 atom stereocenters. The molecule has 21 heavy (non-hydrogen) atoms. The van der Waals surface area contributed by atoms with Gasteiger partial charge in [-0.25, -0.2) is 4.39 Å². The predicted octanol–water partition coefficient (Wildman–Crippen LogP) is 1.88. The Morgan fingerprint density at radius 1 is 1.57 bits per heavy atom. The molecule has 1 fully saturated rings. The third-order valence-corrected chi connectivity index (χ3v) is 3.86. The lowest BCUT2D eigenvalue weighted by Gasteiger charge is -1.98. The van der Waals surface area contributed by atoms with Gasteiger partial charge in [0.1, 0.15) is 11.1 Å². The van der Waals surface area contributed by atoms with E-state index in [1.54, 1.807) is 0 Å². The van der Waals surface area contributed by atoms with E-state index in [4.69, 9.17) is 16.7 Å². The highest BCUT2D eigenvalue weighted by Crippen LogP contribution is 2.22. The maximum atomic E-state index is 13.0. The van der Waals surface area contributed by atoms with Crippen molar-refractivity contribution in [1.29, 1.82) is 0 Å². The topological polar surface area (TPSA) is 91.1 Å². The third kappa shape index (κ3) is 4.27. The quantitative estimate of drug-likeness (QED) is 0.651. The van der Waals surface area contributed by atoms with Crippen LogP contribution in [0.4, 0.5) is 4.39 Å². The zero-order valence-electron chi connectivity index (χ0n) is 10.4. The van der Waals surface area contributed by atoms with Crippen LogP contribution in [0.2, 0.25) is 5.02 Å². The zero-order chi connectivity index (χ0) is 15.4. The molecule has 1 heterocycles. The molecular formula is C12H9ClFN3O3S. The van der Waals surface area contributed by atoms with E-state index in [0.29, 0.717) is 10.6 Å². The monoisotopic (exact) mass is 329 g/mol. The third-order valence-electron chi connectivity index (χ3n) is 2.44. The minimum Gasteiger partial charge on any atom is -0.481 e. The van der Waals surface area contributed by atoms with E-state index in [-0.39, 0.29) is 11.6 Å². The van der Waals surface area contributed by atoms with Gasteiger partial charge in [-0.3, -0.25) is 9.59 Å². The van der Waals surface area contributed by atoms with Crippen LogP contribution in [0.1, 0.15) is 12.0 Å². The number of halogens is 2. The van der Waals surface area contributed by atoms with Crippen LogP contribution >= 0.6 is 23.4 Å². The zero-order valence-corrected chi connectivity index (χ0v) is 12.0. The molecule has 0 aromatic heterocycles. The molecule has 2 N–H and O–H groups in total. The molecule has 1 amide bonds. The first kappa shape index (κ1) is 15.5. The summed E-state index contributed by atoms with van der Waals surface area (Å²) in [6, 6.07) is 3.80. The lowest BCUT2D eigenvalue weighted by atomic mass is 10.2. The number of thioether (sulfide) groups is 1. The molecule has 9 heteroatoms. The number of rotatable bonds is 4. The van der Waals surface area contributed by atoms with Crippen LogP contribution in [-0.4, -0.2) is 33.6 Å². The van der Waals surface area contributed by atoms with Gasteiger partial charge in [-0.05, 0) is 18.2 Å². The lowest BCUT2D eigenvalue weighted by molar-refractivity contribution is -0.138. The van der Waals surface area contributed by atoms with E-state index in [1.807, 2.05) is 0 Å². The molecule has 1 aromatic rings. The number of carboxylic acids is 1. The van der Waals surface area contributed by atoms with Gasteiger partial charge in [0.2, 0.25) is 5.91 Å². The van der Waals surface area contributed by atoms with Crippen molar-refractivity contribution in [2.75, 3.05) is 0 Å². The molecule has 2 rings (SSSR count). The second-order valence-electron chi connectivity index (χ2n) is 4.01. The molecule has 0 bridgehead atoms.